The molecule has 0 aliphatic rings. The van der Waals surface area contributed by atoms with Gasteiger partial charge in [0.2, 0.25) is 0 Å². The first-order chi connectivity index (χ1) is 12.7. The summed E-state index contributed by atoms with van der Waals surface area (Å²) in [7, 11) is 0. The number of anilines is 1. The van der Waals surface area contributed by atoms with E-state index in [9.17, 15) is 13.2 Å². The van der Waals surface area contributed by atoms with Crippen LogP contribution in [0.25, 0.3) is 11.1 Å². The zero-order valence-corrected chi connectivity index (χ0v) is 16.8. The molecule has 3 heterocycles. The molecule has 0 aromatic carbocycles. The number of rotatable bonds is 7. The lowest BCUT2D eigenvalue weighted by atomic mass is 10.2. The zero-order chi connectivity index (χ0) is 19.6. The van der Waals surface area contributed by atoms with Crippen molar-refractivity contribution in [2.75, 3.05) is 11.9 Å². The molecule has 0 radical (unpaired) electrons. The number of aromatic nitrogens is 1. The highest BCUT2D eigenvalue weighted by Crippen LogP contribution is 2.36. The van der Waals surface area contributed by atoms with Gasteiger partial charge in [0, 0.05) is 30.0 Å². The molecule has 0 saturated carbocycles. The minimum absolute atomic E-state index is 0.0367. The first kappa shape index (κ1) is 20.4. The van der Waals surface area contributed by atoms with Crippen LogP contribution in [0, 0.1) is 0 Å². The average Bonchev–Trinajstić information content (AvgIpc) is 3.20. The summed E-state index contributed by atoms with van der Waals surface area (Å²) in [6.45, 7) is -0.107. The number of thiophene rings is 1. The van der Waals surface area contributed by atoms with Gasteiger partial charge in [-0.2, -0.15) is 0 Å². The Balaban J connectivity index is 1.81. The van der Waals surface area contributed by atoms with Crippen LogP contribution in [0.5, 0.6) is 0 Å². The Morgan fingerprint density at radius 1 is 1.44 bits per heavy atom. The van der Waals surface area contributed by atoms with Gasteiger partial charge in [0.05, 0.1) is 16.8 Å². The van der Waals surface area contributed by atoms with Gasteiger partial charge in [0.1, 0.15) is 16.4 Å². The summed E-state index contributed by atoms with van der Waals surface area (Å²) >= 11 is 11.1. The van der Waals surface area contributed by atoms with Crippen LogP contribution >= 0.6 is 38.9 Å². The highest BCUT2D eigenvalue weighted by molar-refractivity contribution is 9.10. The number of hydrogen-bond acceptors (Lipinski definition) is 6. The van der Waals surface area contributed by atoms with Crippen molar-refractivity contribution in [3.63, 3.8) is 0 Å². The van der Waals surface area contributed by atoms with E-state index in [1.54, 1.807) is 17.4 Å². The fraction of sp³-hybridized carbons (Fsp3) is 0.312. The maximum absolute atomic E-state index is 12.2. The van der Waals surface area contributed by atoms with Crippen LogP contribution in [0.15, 0.2) is 32.5 Å². The molecular formula is C16H14BrClF3N3O2S. The SMILES string of the molecule is N[C@@H](COC(F)(F)F)Cc1oc2c(NCc3cccs3)cc(Cl)nc2c1Br. The molecule has 0 aliphatic carbocycles. The van der Waals surface area contributed by atoms with Crippen molar-refractivity contribution in [3.05, 3.63) is 43.8 Å². The summed E-state index contributed by atoms with van der Waals surface area (Å²) in [5.74, 6) is 0.372. The highest BCUT2D eigenvalue weighted by atomic mass is 79.9. The van der Waals surface area contributed by atoms with Gasteiger partial charge in [-0.1, -0.05) is 17.7 Å². The van der Waals surface area contributed by atoms with Crippen LogP contribution in [0.1, 0.15) is 10.6 Å². The minimum Gasteiger partial charge on any atom is -0.456 e. The second-order valence-electron chi connectivity index (χ2n) is 5.66. The first-order valence-electron chi connectivity index (χ1n) is 7.73. The number of fused-ring (bicyclic) bond motifs is 1. The predicted octanol–water partition coefficient (Wildman–Crippen LogP) is 5.32. The summed E-state index contributed by atoms with van der Waals surface area (Å²) in [5.41, 5.74) is 7.27. The molecule has 3 aromatic rings. The predicted molar refractivity (Wildman–Crippen MR) is 102 cm³/mol. The number of ether oxygens (including phenoxy) is 1. The van der Waals surface area contributed by atoms with Crippen LogP contribution in [-0.4, -0.2) is 24.0 Å². The number of hydrogen-bond donors (Lipinski definition) is 2. The number of furan rings is 1. The van der Waals surface area contributed by atoms with Gasteiger partial charge < -0.3 is 15.5 Å². The second-order valence-corrected chi connectivity index (χ2v) is 7.88. The van der Waals surface area contributed by atoms with E-state index in [0.29, 0.717) is 33.6 Å². The molecule has 0 spiro atoms. The monoisotopic (exact) mass is 483 g/mol. The highest BCUT2D eigenvalue weighted by Gasteiger charge is 2.30. The molecule has 3 N–H and O–H groups in total. The molecule has 27 heavy (non-hydrogen) atoms. The van der Waals surface area contributed by atoms with Crippen LogP contribution in [0.3, 0.4) is 0 Å². The number of nitrogens with two attached hydrogens (primary N) is 1. The van der Waals surface area contributed by atoms with E-state index >= 15 is 0 Å². The maximum Gasteiger partial charge on any atom is 0.522 e. The summed E-state index contributed by atoms with van der Waals surface area (Å²) in [5, 5.41) is 5.47. The van der Waals surface area contributed by atoms with Crippen molar-refractivity contribution >= 4 is 55.7 Å². The van der Waals surface area contributed by atoms with Gasteiger partial charge in [0.25, 0.3) is 0 Å². The van der Waals surface area contributed by atoms with Crippen molar-refractivity contribution in [1.29, 1.82) is 0 Å². The van der Waals surface area contributed by atoms with Crippen molar-refractivity contribution in [1.82, 2.24) is 4.98 Å². The third-order valence-electron chi connectivity index (χ3n) is 3.56. The van der Waals surface area contributed by atoms with E-state index in [0.717, 1.165) is 4.88 Å². The third-order valence-corrected chi connectivity index (χ3v) is 5.45. The quantitative estimate of drug-likeness (QED) is 0.444. The fourth-order valence-corrected chi connectivity index (χ4v) is 3.76. The average molecular weight is 485 g/mol. The first-order valence-corrected chi connectivity index (χ1v) is 9.78. The molecule has 3 rings (SSSR count). The maximum atomic E-state index is 12.2. The Hall–Kier alpha value is -1.33. The van der Waals surface area contributed by atoms with Crippen LogP contribution in [0.4, 0.5) is 18.9 Å². The number of nitrogens with one attached hydrogen (secondary N) is 1. The molecule has 0 bridgehead atoms. The Morgan fingerprint density at radius 3 is 2.89 bits per heavy atom. The largest absolute Gasteiger partial charge is 0.522 e. The summed E-state index contributed by atoms with van der Waals surface area (Å²) in [4.78, 5) is 5.35. The molecule has 0 aliphatic heterocycles. The van der Waals surface area contributed by atoms with Crippen molar-refractivity contribution < 1.29 is 22.3 Å². The smallest absolute Gasteiger partial charge is 0.456 e. The molecular weight excluding hydrogens is 471 g/mol. The zero-order valence-electron chi connectivity index (χ0n) is 13.6. The Labute approximate surface area is 169 Å². The second kappa shape index (κ2) is 8.36. The normalized spacial score (nSPS) is 13.3. The van der Waals surface area contributed by atoms with Gasteiger partial charge in [-0.25, -0.2) is 4.98 Å². The van der Waals surface area contributed by atoms with Gasteiger partial charge in [-0.3, -0.25) is 4.74 Å². The molecule has 146 valence electrons. The van der Waals surface area contributed by atoms with E-state index in [4.69, 9.17) is 21.8 Å². The van der Waals surface area contributed by atoms with Gasteiger partial charge >= 0.3 is 6.36 Å². The van der Waals surface area contributed by atoms with Crippen LogP contribution in [0.2, 0.25) is 5.15 Å². The Morgan fingerprint density at radius 2 is 2.22 bits per heavy atom. The lowest BCUT2D eigenvalue weighted by Gasteiger charge is -2.12. The van der Waals surface area contributed by atoms with Crippen molar-refractivity contribution in [2.24, 2.45) is 5.73 Å². The number of nitrogens with zero attached hydrogens (tertiary/aromatic N) is 1. The summed E-state index contributed by atoms with van der Waals surface area (Å²) < 4.78 is 46.6. The van der Waals surface area contributed by atoms with E-state index in [2.05, 4.69) is 31.0 Å². The molecule has 0 fully saturated rings. The minimum atomic E-state index is -4.73. The molecule has 3 aromatic heterocycles. The lowest BCUT2D eigenvalue weighted by Crippen LogP contribution is -2.32. The number of alkyl halides is 3. The van der Waals surface area contributed by atoms with Crippen LogP contribution < -0.4 is 11.1 Å². The Kier molecular flexibility index (Phi) is 6.32. The molecule has 5 nitrogen and oxygen atoms in total. The van der Waals surface area contributed by atoms with Gasteiger partial charge in [0.15, 0.2) is 5.58 Å². The molecule has 11 heteroatoms. The summed E-state index contributed by atoms with van der Waals surface area (Å²) in [6, 6.07) is 4.66. The lowest BCUT2D eigenvalue weighted by molar-refractivity contribution is -0.325. The topological polar surface area (TPSA) is 73.3 Å². The van der Waals surface area contributed by atoms with Crippen molar-refractivity contribution in [3.8, 4) is 0 Å². The van der Waals surface area contributed by atoms with Crippen LogP contribution in [-0.2, 0) is 17.7 Å². The van der Waals surface area contributed by atoms with E-state index in [-0.39, 0.29) is 11.6 Å². The molecule has 0 amide bonds. The van der Waals surface area contributed by atoms with E-state index in [1.165, 1.54) is 0 Å². The Bertz CT molecular complexity index is 918. The summed E-state index contributed by atoms with van der Waals surface area (Å²) in [6.07, 6.45) is -4.69. The molecule has 0 unspecified atom stereocenters. The van der Waals surface area contributed by atoms with Gasteiger partial charge in [-0.15, -0.1) is 24.5 Å². The number of pyridine rings is 1. The third kappa shape index (κ3) is 5.35. The molecule has 1 atom stereocenters. The molecule has 0 saturated heterocycles. The van der Waals surface area contributed by atoms with E-state index < -0.39 is 19.0 Å². The number of halogens is 5. The van der Waals surface area contributed by atoms with E-state index in [1.807, 2.05) is 17.5 Å². The van der Waals surface area contributed by atoms with Crippen molar-refractivity contribution in [2.45, 2.75) is 25.4 Å². The standard InChI is InChI=1S/C16H14BrClF3N3O2S/c17-13-11(4-8(22)7-25-16(19,20)21)26-15-10(5-12(18)24-14(13)15)23-6-9-2-1-3-27-9/h1-3,5,8H,4,6-7,22H2,(H,23,24)/t8-/m1/s1. The van der Waals surface area contributed by atoms with Gasteiger partial charge in [-0.05, 0) is 27.4 Å². The fourth-order valence-electron chi connectivity index (χ4n) is 2.41.